The van der Waals surface area contributed by atoms with Crippen molar-refractivity contribution in [3.63, 3.8) is 0 Å². The van der Waals surface area contributed by atoms with Crippen molar-refractivity contribution in [2.45, 2.75) is 179 Å². The van der Waals surface area contributed by atoms with E-state index >= 15 is 0 Å². The number of primary amides is 1. The Bertz CT molecular complexity index is 2180. The standard InChI is InChI=1S/C50H84N14O13/c1-26(2)22-33(43(70)61-36(49(76)77)24-30-14-8-7-9-15-30)58-44(71)35(25-38(53)67)59-42(69)34(23-27(3)4)60-46(73)39(28(5)65)63-47(74)40(29(6)66)62-45(72)37-18-13-21-64(37)48(75)32(17-12-20-56-50(54)55)57-41(68)31(52)16-10-11-19-51/h7-9,14-15,26-29,31-37,39-40,65-66H,10-13,16-25,51-52H2,1-6H3,(H2,53,67)(H,57,68)(H,58,71)(H,59,69)(H,60,73)(H,61,70)(H,62,72)(H,63,74)(H,76,77)(H4,54,55,56)/t28-,29-,31+,32+,33+,34+,35+,36+,37+,39+,40+/m1/s1. The van der Waals surface area contributed by atoms with Crippen molar-refractivity contribution in [2.24, 2.45) is 45.5 Å². The lowest BCUT2D eigenvalue weighted by molar-refractivity contribution is -0.143. The Balaban J connectivity index is 2.30. The summed E-state index contributed by atoms with van der Waals surface area (Å²) in [5.41, 5.74) is 28.7. The number of benzene rings is 1. The van der Waals surface area contributed by atoms with Gasteiger partial charge in [-0.15, -0.1) is 0 Å². The van der Waals surface area contributed by atoms with E-state index < -0.39 is 132 Å². The van der Waals surface area contributed by atoms with E-state index in [4.69, 9.17) is 28.7 Å². The van der Waals surface area contributed by atoms with Gasteiger partial charge in [0, 0.05) is 19.5 Å². The Morgan fingerprint density at radius 3 is 1.66 bits per heavy atom. The zero-order valence-corrected chi connectivity index (χ0v) is 45.0. The number of likely N-dealkylation sites (tertiary alicyclic amines) is 1. The maximum atomic E-state index is 14.1. The van der Waals surface area contributed by atoms with Crippen LogP contribution in [0, 0.1) is 11.8 Å². The molecule has 0 radical (unpaired) electrons. The van der Waals surface area contributed by atoms with Gasteiger partial charge in [0.15, 0.2) is 5.96 Å². The van der Waals surface area contributed by atoms with Crippen LogP contribution in [0.3, 0.4) is 0 Å². The van der Waals surface area contributed by atoms with Crippen molar-refractivity contribution in [3.05, 3.63) is 35.9 Å². The summed E-state index contributed by atoms with van der Waals surface area (Å²) in [7, 11) is 0. The first-order valence-corrected chi connectivity index (χ1v) is 26.0. The molecule has 0 spiro atoms. The normalized spacial score (nSPS) is 17.1. The highest BCUT2D eigenvalue weighted by Gasteiger charge is 2.41. The molecule has 27 nitrogen and oxygen atoms in total. The summed E-state index contributed by atoms with van der Waals surface area (Å²) in [5.74, 6) is -10.3. The maximum Gasteiger partial charge on any atom is 0.326 e. The van der Waals surface area contributed by atoms with Gasteiger partial charge in [-0.25, -0.2) is 4.79 Å². The number of carbonyl (C=O) groups is 10. The number of carboxylic acid groups (broad SMARTS) is 1. The summed E-state index contributed by atoms with van der Waals surface area (Å²) >= 11 is 0. The van der Waals surface area contributed by atoms with E-state index in [0.29, 0.717) is 37.8 Å². The third kappa shape index (κ3) is 23.4. The first-order chi connectivity index (χ1) is 36.2. The van der Waals surface area contributed by atoms with Crippen molar-refractivity contribution in [1.29, 1.82) is 0 Å². The van der Waals surface area contributed by atoms with Gasteiger partial charge in [0.25, 0.3) is 0 Å². The fourth-order valence-corrected chi connectivity index (χ4v) is 8.43. The van der Waals surface area contributed by atoms with E-state index in [2.05, 4.69) is 42.2 Å². The van der Waals surface area contributed by atoms with Crippen molar-refractivity contribution < 1.29 is 63.3 Å². The number of hydrogen-bond acceptors (Lipinski definition) is 15. The van der Waals surface area contributed by atoms with Gasteiger partial charge < -0.3 is 86.1 Å². The highest BCUT2D eigenvalue weighted by Crippen LogP contribution is 2.21. The zero-order valence-electron chi connectivity index (χ0n) is 45.0. The lowest BCUT2D eigenvalue weighted by atomic mass is 10.00. The number of amides is 9. The average Bonchev–Trinajstić information content (AvgIpc) is 3.84. The average molecular weight is 1090 g/mol. The number of nitrogens with zero attached hydrogens (tertiary/aromatic N) is 2. The Morgan fingerprint density at radius 1 is 0.636 bits per heavy atom. The largest absolute Gasteiger partial charge is 0.480 e. The Morgan fingerprint density at radius 2 is 1.14 bits per heavy atom. The number of carboxylic acids is 1. The minimum Gasteiger partial charge on any atom is -0.480 e. The van der Waals surface area contributed by atoms with Crippen LogP contribution >= 0.6 is 0 Å². The number of unbranched alkanes of at least 4 members (excludes halogenated alkanes) is 1. The molecule has 9 amide bonds. The molecule has 0 aromatic heterocycles. The molecule has 1 saturated heterocycles. The van der Waals surface area contributed by atoms with Crippen molar-refractivity contribution in [3.8, 4) is 0 Å². The second-order valence-corrected chi connectivity index (χ2v) is 20.2. The molecule has 77 heavy (non-hydrogen) atoms. The molecule has 11 atom stereocenters. The minimum atomic E-state index is -1.82. The summed E-state index contributed by atoms with van der Waals surface area (Å²) < 4.78 is 0. The van der Waals surface area contributed by atoms with Crippen LogP contribution in [-0.2, 0) is 54.4 Å². The van der Waals surface area contributed by atoms with Crippen LogP contribution in [0.25, 0.3) is 0 Å². The van der Waals surface area contributed by atoms with E-state index in [1.807, 2.05) is 0 Å². The zero-order chi connectivity index (χ0) is 58.1. The number of hydrogen-bond donors (Lipinski definition) is 15. The topological polar surface area (TPSA) is 461 Å². The van der Waals surface area contributed by atoms with Crippen molar-refractivity contribution in [1.82, 2.24) is 42.1 Å². The second-order valence-electron chi connectivity index (χ2n) is 20.2. The first-order valence-electron chi connectivity index (χ1n) is 26.0. The fourth-order valence-electron chi connectivity index (χ4n) is 8.43. The van der Waals surface area contributed by atoms with Crippen LogP contribution in [0.2, 0.25) is 0 Å². The van der Waals surface area contributed by atoms with Gasteiger partial charge in [0.1, 0.15) is 48.3 Å². The quantitative estimate of drug-likeness (QED) is 0.0177. The minimum absolute atomic E-state index is 0.0148. The smallest absolute Gasteiger partial charge is 0.326 e. The summed E-state index contributed by atoms with van der Waals surface area (Å²) in [6, 6.07) is -4.26. The van der Waals surface area contributed by atoms with Crippen LogP contribution in [0.1, 0.15) is 111 Å². The van der Waals surface area contributed by atoms with Gasteiger partial charge >= 0.3 is 5.97 Å². The van der Waals surface area contributed by atoms with E-state index in [0.717, 1.165) is 6.92 Å². The molecule has 20 N–H and O–H groups in total. The highest BCUT2D eigenvalue weighted by molar-refractivity contribution is 5.99. The summed E-state index contributed by atoms with van der Waals surface area (Å²) in [6.07, 6.45) is -1.86. The predicted octanol–water partition coefficient (Wildman–Crippen LogP) is -4.06. The maximum absolute atomic E-state index is 14.1. The lowest BCUT2D eigenvalue weighted by Gasteiger charge is -2.31. The molecule has 1 aromatic carbocycles. The van der Waals surface area contributed by atoms with E-state index in [-0.39, 0.29) is 69.4 Å². The van der Waals surface area contributed by atoms with E-state index in [1.54, 1.807) is 58.0 Å². The number of aliphatic carboxylic acids is 1. The van der Waals surface area contributed by atoms with E-state index in [9.17, 15) is 63.3 Å². The van der Waals surface area contributed by atoms with E-state index in [1.165, 1.54) is 11.8 Å². The number of nitrogens with two attached hydrogens (primary N) is 5. The predicted molar refractivity (Wildman–Crippen MR) is 283 cm³/mol. The fraction of sp³-hybridized carbons (Fsp3) is 0.660. The number of carbonyl (C=O) groups excluding carboxylic acids is 9. The van der Waals surface area contributed by atoms with Crippen LogP contribution in [0.15, 0.2) is 35.3 Å². The molecule has 0 aliphatic carbocycles. The number of rotatable bonds is 34. The number of guanidine groups is 1. The lowest BCUT2D eigenvalue weighted by Crippen LogP contribution is -2.63. The number of aliphatic imine (C=N–C) groups is 1. The molecule has 1 aromatic rings. The Kier molecular flexibility index (Phi) is 28.6. The molecule has 1 aliphatic heterocycles. The summed E-state index contributed by atoms with van der Waals surface area (Å²) in [4.78, 5) is 140. The van der Waals surface area contributed by atoms with Crippen LogP contribution in [0.4, 0.5) is 0 Å². The second kappa shape index (κ2) is 33.2. The monoisotopic (exact) mass is 1090 g/mol. The number of aliphatic hydroxyl groups is 2. The molecule has 432 valence electrons. The molecule has 0 saturated carbocycles. The Labute approximate surface area is 449 Å². The molecule has 27 heteroatoms. The molecular weight excluding hydrogens is 1000 g/mol. The molecular formula is C50H84N14O13. The van der Waals surface area contributed by atoms with Crippen LogP contribution in [-0.4, -0.2) is 172 Å². The van der Waals surface area contributed by atoms with Gasteiger partial charge in [-0.1, -0.05) is 64.4 Å². The van der Waals surface area contributed by atoms with Gasteiger partial charge in [-0.05, 0) is 89.2 Å². The number of aliphatic hydroxyl groups excluding tert-OH is 2. The Hall–Kier alpha value is -6.97. The molecule has 0 bridgehead atoms. The molecule has 1 fully saturated rings. The molecule has 2 rings (SSSR count). The third-order valence-electron chi connectivity index (χ3n) is 12.4. The summed E-state index contributed by atoms with van der Waals surface area (Å²) in [6.45, 7) is 9.85. The third-order valence-corrected chi connectivity index (χ3v) is 12.4. The highest BCUT2D eigenvalue weighted by atomic mass is 16.4. The van der Waals surface area contributed by atoms with Crippen LogP contribution in [0.5, 0.6) is 0 Å². The first kappa shape index (κ1) is 66.1. The van der Waals surface area contributed by atoms with Crippen LogP contribution < -0.4 is 65.9 Å². The summed E-state index contributed by atoms with van der Waals surface area (Å²) in [5, 5.41) is 48.8. The van der Waals surface area contributed by atoms with Gasteiger partial charge in [-0.2, -0.15) is 0 Å². The SMILES string of the molecule is CC(C)C[C@H](NC(=O)[C@H](CC(N)=O)NC(=O)[C@H](CC(C)C)NC(=O)[C@@H](NC(=O)[C@@H](NC(=O)[C@@H]1CCCN1C(=O)[C@H](CCCN=C(N)N)NC(=O)[C@@H](N)CCCCN)[C@@H](C)O)[C@@H](C)O)C(=O)N[C@@H](Cc1ccccc1)C(=O)O. The van der Waals surface area contributed by atoms with Gasteiger partial charge in [0.05, 0.1) is 24.7 Å². The number of nitrogens with one attached hydrogen (secondary N) is 7. The van der Waals surface area contributed by atoms with Crippen molar-refractivity contribution >= 4 is 65.1 Å². The molecule has 0 unspecified atom stereocenters. The van der Waals surface area contributed by atoms with Gasteiger partial charge in [-0.3, -0.25) is 48.1 Å². The molecule has 1 aliphatic rings. The molecule has 1 heterocycles. The van der Waals surface area contributed by atoms with Crippen molar-refractivity contribution in [2.75, 3.05) is 19.6 Å². The van der Waals surface area contributed by atoms with Gasteiger partial charge in [0.2, 0.25) is 53.2 Å².